The van der Waals surface area contributed by atoms with Crippen molar-refractivity contribution in [2.24, 2.45) is 0 Å². The van der Waals surface area contributed by atoms with Crippen LogP contribution in [0, 0.1) is 0 Å². The molecule has 1 spiro atoms. The fourth-order valence-corrected chi connectivity index (χ4v) is 9.07. The molecule has 0 amide bonds. The van der Waals surface area contributed by atoms with E-state index in [1.165, 1.54) is 65.4 Å². The average Bonchev–Trinajstić information content (AvgIpc) is 3.07. The molecule has 5 aromatic carbocycles. The van der Waals surface area contributed by atoms with Crippen molar-refractivity contribution in [2.45, 2.75) is 34.5 Å². The number of rotatable bonds is 0. The quantitative estimate of drug-likeness (QED) is 0.158. The van der Waals surface area contributed by atoms with Crippen molar-refractivity contribution in [3.63, 3.8) is 0 Å². The van der Waals surface area contributed by atoms with Crippen molar-refractivity contribution in [1.82, 2.24) is 0 Å². The van der Waals surface area contributed by atoms with Crippen molar-refractivity contribution in [1.29, 1.82) is 0 Å². The molecule has 0 N–H and O–H groups in total. The van der Waals surface area contributed by atoms with Crippen LogP contribution in [0.25, 0.3) is 23.3 Å². The molecule has 5 aromatic rings. The maximum absolute atomic E-state index is 3.85. The van der Waals surface area contributed by atoms with Gasteiger partial charge in [-0.05, 0) is 98.1 Å². The lowest BCUT2D eigenvalue weighted by Crippen LogP contribution is -2.35. The Hall–Kier alpha value is -2.85. The summed E-state index contributed by atoms with van der Waals surface area (Å²) >= 11 is 9.61. The first kappa shape index (κ1) is 24.0. The summed E-state index contributed by atoms with van der Waals surface area (Å²) in [5.74, 6) is 0. The van der Waals surface area contributed by atoms with Crippen LogP contribution in [0.2, 0.25) is 0 Å². The molecule has 0 bridgehead atoms. The third-order valence-corrected chi connectivity index (χ3v) is 11.0. The van der Waals surface area contributed by atoms with E-state index < -0.39 is 5.41 Å². The molecule has 2 aliphatic carbocycles. The molecule has 3 aliphatic rings. The van der Waals surface area contributed by atoms with Crippen molar-refractivity contribution in [3.05, 3.63) is 151 Å². The van der Waals surface area contributed by atoms with Gasteiger partial charge in [0, 0.05) is 24.2 Å². The summed E-state index contributed by atoms with van der Waals surface area (Å²) in [6.45, 7) is 4.74. The lowest BCUT2D eigenvalue weighted by molar-refractivity contribution is 0.652. The van der Waals surface area contributed by atoms with Gasteiger partial charge in [-0.25, -0.2) is 0 Å². The topological polar surface area (TPSA) is 0 Å². The van der Waals surface area contributed by atoms with Gasteiger partial charge in [0.25, 0.3) is 0 Å². The average molecular weight is 648 g/mol. The molecule has 0 nitrogen and oxygen atoms in total. The SMILES string of the molecule is CC1(C)c2ccccc2-c2cc3c(cc21)Sc1ccccc1C31c2cc(Br)ccc2C=Cc2ccc(Br)cc21. The van der Waals surface area contributed by atoms with Crippen LogP contribution in [0.4, 0.5) is 0 Å². The lowest BCUT2D eigenvalue weighted by Gasteiger charge is -2.43. The van der Waals surface area contributed by atoms with Gasteiger partial charge in [-0.2, -0.15) is 0 Å². The van der Waals surface area contributed by atoms with Crippen LogP contribution in [0.1, 0.15) is 58.4 Å². The minimum absolute atomic E-state index is 0.0431. The zero-order valence-electron chi connectivity index (χ0n) is 21.6. The highest BCUT2D eigenvalue weighted by Gasteiger charge is 2.48. The second-order valence-electron chi connectivity index (χ2n) is 11.2. The number of halogens is 2. The van der Waals surface area contributed by atoms with Crippen molar-refractivity contribution in [3.8, 4) is 11.1 Å². The van der Waals surface area contributed by atoms with E-state index in [1.807, 2.05) is 11.8 Å². The van der Waals surface area contributed by atoms with E-state index in [4.69, 9.17) is 0 Å². The number of benzene rings is 5. The van der Waals surface area contributed by atoms with Crippen LogP contribution < -0.4 is 0 Å². The summed E-state index contributed by atoms with van der Waals surface area (Å²) in [7, 11) is 0. The van der Waals surface area contributed by atoms with Crippen LogP contribution >= 0.6 is 43.6 Å². The minimum Gasteiger partial charge on any atom is -0.0894 e. The van der Waals surface area contributed by atoms with Crippen LogP contribution in [-0.2, 0) is 10.8 Å². The Bertz CT molecular complexity index is 1840. The Kier molecular flexibility index (Phi) is 5.12. The molecule has 188 valence electrons. The van der Waals surface area contributed by atoms with Gasteiger partial charge in [0.1, 0.15) is 0 Å². The van der Waals surface area contributed by atoms with E-state index in [0.29, 0.717) is 0 Å². The van der Waals surface area contributed by atoms with Gasteiger partial charge in [-0.3, -0.25) is 0 Å². The second-order valence-corrected chi connectivity index (χ2v) is 14.1. The Morgan fingerprint density at radius 1 is 0.513 bits per heavy atom. The Labute approximate surface area is 250 Å². The third-order valence-electron chi connectivity index (χ3n) is 8.88. The van der Waals surface area contributed by atoms with Gasteiger partial charge in [-0.15, -0.1) is 0 Å². The second kappa shape index (κ2) is 8.33. The molecule has 1 heterocycles. The third kappa shape index (κ3) is 3.18. The van der Waals surface area contributed by atoms with Gasteiger partial charge < -0.3 is 0 Å². The van der Waals surface area contributed by atoms with Gasteiger partial charge in [0.2, 0.25) is 0 Å². The van der Waals surface area contributed by atoms with Gasteiger partial charge >= 0.3 is 0 Å². The first-order valence-corrected chi connectivity index (χ1v) is 15.6. The molecule has 3 heteroatoms. The van der Waals surface area contributed by atoms with Gasteiger partial charge in [0.15, 0.2) is 0 Å². The molecule has 0 saturated carbocycles. The molecule has 8 rings (SSSR count). The highest BCUT2D eigenvalue weighted by molar-refractivity contribution is 9.10. The Morgan fingerprint density at radius 3 is 1.82 bits per heavy atom. The molecule has 39 heavy (non-hydrogen) atoms. The highest BCUT2D eigenvalue weighted by Crippen LogP contribution is 2.61. The van der Waals surface area contributed by atoms with E-state index >= 15 is 0 Å². The molecular formula is C36H24Br2S. The van der Waals surface area contributed by atoms with Crippen LogP contribution in [0.15, 0.2) is 116 Å². The highest BCUT2D eigenvalue weighted by atomic mass is 79.9. The predicted molar refractivity (Wildman–Crippen MR) is 171 cm³/mol. The Morgan fingerprint density at radius 2 is 1.13 bits per heavy atom. The fraction of sp³-hybridized carbons (Fsp3) is 0.111. The van der Waals surface area contributed by atoms with Gasteiger partial charge in [0.05, 0.1) is 5.41 Å². The summed E-state index contributed by atoms with van der Waals surface area (Å²) in [6, 6.07) is 36.5. The predicted octanol–water partition coefficient (Wildman–Crippen LogP) is 10.8. The largest absolute Gasteiger partial charge is 0.0894 e. The van der Waals surface area contributed by atoms with Gasteiger partial charge in [-0.1, -0.05) is 124 Å². The van der Waals surface area contributed by atoms with E-state index in [-0.39, 0.29) is 5.41 Å². The molecule has 0 unspecified atom stereocenters. The van der Waals surface area contributed by atoms with Crippen molar-refractivity contribution < 1.29 is 0 Å². The maximum atomic E-state index is 3.85. The fourth-order valence-electron chi connectivity index (χ4n) is 7.14. The van der Waals surface area contributed by atoms with E-state index in [9.17, 15) is 0 Å². The molecule has 0 saturated heterocycles. The summed E-state index contributed by atoms with van der Waals surface area (Å²) in [4.78, 5) is 2.66. The van der Waals surface area contributed by atoms with E-state index in [0.717, 1.165) is 8.95 Å². The zero-order valence-corrected chi connectivity index (χ0v) is 25.5. The first-order chi connectivity index (χ1) is 18.9. The normalized spacial score (nSPS) is 16.4. The summed E-state index contributed by atoms with van der Waals surface area (Å²) < 4.78 is 2.19. The molecular weight excluding hydrogens is 624 g/mol. The molecule has 0 aromatic heterocycles. The summed E-state index contributed by atoms with van der Waals surface area (Å²) in [5, 5.41) is 0. The monoisotopic (exact) mass is 646 g/mol. The standard InChI is InChI=1S/C36H24Br2S/c1-35(2)27-8-4-3-7-25(27)26-19-32-34(20-31(26)35)39-33-10-6-5-9-28(33)36(32)29-17-23(37)15-13-21(29)11-12-22-14-16-24(38)18-30(22)36/h3-20H,1-2H3. The lowest BCUT2D eigenvalue weighted by atomic mass is 9.63. The number of fused-ring (bicyclic) bond motifs is 11. The van der Waals surface area contributed by atoms with Crippen LogP contribution in [0.3, 0.4) is 0 Å². The smallest absolute Gasteiger partial charge is 0.0735 e. The van der Waals surface area contributed by atoms with Crippen molar-refractivity contribution >= 4 is 55.8 Å². The van der Waals surface area contributed by atoms with Crippen molar-refractivity contribution in [2.75, 3.05) is 0 Å². The summed E-state index contributed by atoms with van der Waals surface area (Å²) in [6.07, 6.45) is 4.58. The number of hydrogen-bond donors (Lipinski definition) is 0. The number of hydrogen-bond acceptors (Lipinski definition) is 1. The van der Waals surface area contributed by atoms with E-state index in [2.05, 4.69) is 155 Å². The molecule has 0 atom stereocenters. The molecule has 0 radical (unpaired) electrons. The van der Waals surface area contributed by atoms with Crippen LogP contribution in [0.5, 0.6) is 0 Å². The van der Waals surface area contributed by atoms with E-state index in [1.54, 1.807) is 0 Å². The zero-order chi connectivity index (χ0) is 26.5. The van der Waals surface area contributed by atoms with Crippen LogP contribution in [-0.4, -0.2) is 0 Å². The Balaban J connectivity index is 1.59. The first-order valence-electron chi connectivity index (χ1n) is 13.2. The molecule has 0 fully saturated rings. The molecule has 1 aliphatic heterocycles. The summed E-state index contributed by atoms with van der Waals surface area (Å²) in [5.41, 5.74) is 12.8. The maximum Gasteiger partial charge on any atom is 0.0735 e. The minimum atomic E-state index is -0.477.